The van der Waals surface area contributed by atoms with Crippen molar-refractivity contribution in [3.8, 4) is 5.75 Å². The van der Waals surface area contributed by atoms with Crippen molar-refractivity contribution in [2.24, 2.45) is 0 Å². The van der Waals surface area contributed by atoms with Gasteiger partial charge in [0.2, 0.25) is 11.8 Å². The molecule has 0 spiro atoms. The summed E-state index contributed by atoms with van der Waals surface area (Å²) < 4.78 is 35.0. The standard InChI is InChI=1S/C35H38ClN3O5S/c1-25(2)37-35(41)32(22-27-12-6-5-7-13-27)38(23-28-14-8-9-15-30(28)36)34(40)24-39(31-16-10-11-17-33(31)44-4)45(42,43)29-20-18-26(3)19-21-29/h5-21,25,32H,22-24H2,1-4H3,(H,37,41)/t32-/m0/s1. The van der Waals surface area contributed by atoms with E-state index in [-0.39, 0.29) is 41.2 Å². The zero-order chi connectivity index (χ0) is 32.6. The molecule has 0 bridgehead atoms. The third-order valence-corrected chi connectivity index (χ3v) is 9.38. The van der Waals surface area contributed by atoms with Crippen molar-refractivity contribution in [3.63, 3.8) is 0 Å². The van der Waals surface area contributed by atoms with E-state index >= 15 is 0 Å². The van der Waals surface area contributed by atoms with Crippen LogP contribution in [0.5, 0.6) is 5.75 Å². The number of sulfonamides is 1. The van der Waals surface area contributed by atoms with Crippen LogP contribution in [0.2, 0.25) is 5.02 Å². The first-order valence-corrected chi connectivity index (χ1v) is 16.4. The molecular formula is C35H38ClN3O5S. The molecule has 4 aromatic rings. The highest BCUT2D eigenvalue weighted by Crippen LogP contribution is 2.33. The van der Waals surface area contributed by atoms with Crippen LogP contribution in [0.25, 0.3) is 0 Å². The number of ether oxygens (including phenoxy) is 1. The summed E-state index contributed by atoms with van der Waals surface area (Å²) in [5.74, 6) is -0.673. The van der Waals surface area contributed by atoms with Crippen LogP contribution in [0.1, 0.15) is 30.5 Å². The van der Waals surface area contributed by atoms with E-state index in [1.54, 1.807) is 60.7 Å². The van der Waals surface area contributed by atoms with Gasteiger partial charge in [0.05, 0.1) is 17.7 Å². The second-order valence-electron chi connectivity index (χ2n) is 11.0. The molecule has 10 heteroatoms. The zero-order valence-electron chi connectivity index (χ0n) is 25.8. The lowest BCUT2D eigenvalue weighted by molar-refractivity contribution is -0.140. The Morgan fingerprint density at radius 1 is 0.867 bits per heavy atom. The van der Waals surface area contributed by atoms with E-state index in [1.165, 1.54) is 24.1 Å². The van der Waals surface area contributed by atoms with Crippen molar-refractivity contribution in [3.05, 3.63) is 125 Å². The normalized spacial score (nSPS) is 12.0. The van der Waals surface area contributed by atoms with Gasteiger partial charge in [0.25, 0.3) is 10.0 Å². The molecular weight excluding hydrogens is 610 g/mol. The van der Waals surface area contributed by atoms with Gasteiger partial charge in [-0.25, -0.2) is 8.42 Å². The molecule has 0 heterocycles. The topological polar surface area (TPSA) is 96.0 Å². The van der Waals surface area contributed by atoms with Crippen molar-refractivity contribution in [1.82, 2.24) is 10.2 Å². The van der Waals surface area contributed by atoms with Gasteiger partial charge >= 0.3 is 0 Å². The molecule has 0 saturated carbocycles. The summed E-state index contributed by atoms with van der Waals surface area (Å²) in [6, 6.07) is 28.3. The first kappa shape index (κ1) is 33.6. The lowest BCUT2D eigenvalue weighted by Gasteiger charge is -2.34. The Morgan fingerprint density at radius 3 is 2.13 bits per heavy atom. The molecule has 1 atom stereocenters. The van der Waals surface area contributed by atoms with Crippen molar-refractivity contribution >= 4 is 39.1 Å². The maximum atomic E-state index is 14.6. The number of hydrogen-bond acceptors (Lipinski definition) is 5. The smallest absolute Gasteiger partial charge is 0.264 e. The Labute approximate surface area is 270 Å². The quantitative estimate of drug-likeness (QED) is 0.192. The predicted molar refractivity (Wildman–Crippen MR) is 178 cm³/mol. The third kappa shape index (κ3) is 8.44. The number of benzene rings is 4. The van der Waals surface area contributed by atoms with Gasteiger partial charge < -0.3 is 15.0 Å². The SMILES string of the molecule is COc1ccccc1N(CC(=O)N(Cc1ccccc1Cl)[C@@H](Cc1ccccc1)C(=O)NC(C)C)S(=O)(=O)c1ccc(C)cc1. The predicted octanol–water partition coefficient (Wildman–Crippen LogP) is 6.02. The maximum Gasteiger partial charge on any atom is 0.264 e. The number of halogens is 1. The Balaban J connectivity index is 1.84. The number of rotatable bonds is 13. The number of hydrogen-bond donors (Lipinski definition) is 1. The molecule has 0 aromatic heterocycles. The zero-order valence-corrected chi connectivity index (χ0v) is 27.4. The largest absolute Gasteiger partial charge is 0.495 e. The fourth-order valence-corrected chi connectivity index (χ4v) is 6.55. The van der Waals surface area contributed by atoms with E-state index in [2.05, 4.69) is 5.32 Å². The molecule has 0 radical (unpaired) electrons. The van der Waals surface area contributed by atoms with Gasteiger partial charge in [0.1, 0.15) is 18.3 Å². The lowest BCUT2D eigenvalue weighted by Crippen LogP contribution is -2.54. The second-order valence-corrected chi connectivity index (χ2v) is 13.2. The molecule has 0 aliphatic heterocycles. The molecule has 0 fully saturated rings. The van der Waals surface area contributed by atoms with E-state index in [0.717, 1.165) is 15.4 Å². The highest BCUT2D eigenvalue weighted by Gasteiger charge is 2.35. The number of methoxy groups -OCH3 is 1. The fourth-order valence-electron chi connectivity index (χ4n) is 4.93. The number of nitrogens with one attached hydrogen (secondary N) is 1. The highest BCUT2D eigenvalue weighted by atomic mass is 35.5. The summed E-state index contributed by atoms with van der Waals surface area (Å²) in [6.07, 6.45) is 0.203. The van der Waals surface area contributed by atoms with Crippen LogP contribution in [-0.2, 0) is 32.6 Å². The van der Waals surface area contributed by atoms with Crippen molar-refractivity contribution < 1.29 is 22.7 Å². The van der Waals surface area contributed by atoms with Crippen LogP contribution >= 0.6 is 11.6 Å². The number of carbonyl (C=O) groups excluding carboxylic acids is 2. The summed E-state index contributed by atoms with van der Waals surface area (Å²) in [4.78, 5) is 29.8. The van der Waals surface area contributed by atoms with Crippen LogP contribution in [0.15, 0.2) is 108 Å². The van der Waals surface area contributed by atoms with E-state index in [0.29, 0.717) is 10.6 Å². The van der Waals surface area contributed by atoms with Crippen LogP contribution in [0, 0.1) is 6.92 Å². The Bertz CT molecular complexity index is 1710. The summed E-state index contributed by atoms with van der Waals surface area (Å²) in [5.41, 5.74) is 2.54. The summed E-state index contributed by atoms with van der Waals surface area (Å²) in [6.45, 7) is 4.93. The van der Waals surface area contributed by atoms with Gasteiger partial charge in [-0.15, -0.1) is 0 Å². The average molecular weight is 648 g/mol. The summed E-state index contributed by atoms with van der Waals surface area (Å²) >= 11 is 6.55. The van der Waals surface area contributed by atoms with Crippen LogP contribution in [-0.4, -0.2) is 50.9 Å². The Hall–Kier alpha value is -4.34. The number of amides is 2. The number of anilines is 1. The highest BCUT2D eigenvalue weighted by molar-refractivity contribution is 7.92. The van der Waals surface area contributed by atoms with Crippen molar-refractivity contribution in [2.75, 3.05) is 18.0 Å². The number of nitrogens with zero attached hydrogens (tertiary/aromatic N) is 2. The molecule has 4 aromatic carbocycles. The monoisotopic (exact) mass is 647 g/mol. The molecule has 0 aliphatic rings. The van der Waals surface area contributed by atoms with Crippen molar-refractivity contribution in [1.29, 1.82) is 0 Å². The van der Waals surface area contributed by atoms with Gasteiger partial charge in [-0.3, -0.25) is 13.9 Å². The minimum atomic E-state index is -4.26. The fraction of sp³-hybridized carbons (Fsp3) is 0.257. The Kier molecular flexibility index (Phi) is 11.3. The van der Waals surface area contributed by atoms with Crippen LogP contribution in [0.3, 0.4) is 0 Å². The van der Waals surface area contributed by atoms with E-state index in [4.69, 9.17) is 16.3 Å². The van der Waals surface area contributed by atoms with Crippen LogP contribution in [0.4, 0.5) is 5.69 Å². The van der Waals surface area contributed by atoms with Crippen molar-refractivity contribution in [2.45, 2.75) is 50.7 Å². The molecule has 45 heavy (non-hydrogen) atoms. The Morgan fingerprint density at radius 2 is 1.49 bits per heavy atom. The lowest BCUT2D eigenvalue weighted by atomic mass is 10.0. The molecule has 1 N–H and O–H groups in total. The van der Waals surface area contributed by atoms with Gasteiger partial charge in [0, 0.05) is 24.0 Å². The van der Waals surface area contributed by atoms with Gasteiger partial charge in [0.15, 0.2) is 0 Å². The van der Waals surface area contributed by atoms with Crippen LogP contribution < -0.4 is 14.4 Å². The minimum Gasteiger partial charge on any atom is -0.495 e. The first-order valence-electron chi connectivity index (χ1n) is 14.6. The van der Waals surface area contributed by atoms with Gasteiger partial charge in [-0.1, -0.05) is 90.0 Å². The number of aryl methyl sites for hydroxylation is 1. The molecule has 4 rings (SSSR count). The van der Waals surface area contributed by atoms with E-state index in [1.807, 2.05) is 51.1 Å². The number of para-hydroxylation sites is 2. The van der Waals surface area contributed by atoms with E-state index < -0.39 is 28.5 Å². The maximum absolute atomic E-state index is 14.6. The second kappa shape index (κ2) is 15.1. The summed E-state index contributed by atoms with van der Waals surface area (Å²) in [5, 5.41) is 3.37. The molecule has 8 nitrogen and oxygen atoms in total. The first-order chi connectivity index (χ1) is 21.5. The molecule has 0 aliphatic carbocycles. The summed E-state index contributed by atoms with van der Waals surface area (Å²) in [7, 11) is -2.82. The van der Waals surface area contributed by atoms with E-state index in [9.17, 15) is 18.0 Å². The van der Waals surface area contributed by atoms with Gasteiger partial charge in [-0.05, 0) is 62.2 Å². The molecule has 0 unspecified atom stereocenters. The molecule has 0 saturated heterocycles. The minimum absolute atomic E-state index is 0.0165. The van der Waals surface area contributed by atoms with Gasteiger partial charge in [-0.2, -0.15) is 0 Å². The molecule has 2 amide bonds. The third-order valence-electron chi connectivity index (χ3n) is 7.24. The average Bonchev–Trinajstić information content (AvgIpc) is 3.02. The molecule has 236 valence electrons. The number of carbonyl (C=O) groups is 2.